The predicted octanol–water partition coefficient (Wildman–Crippen LogP) is 0.892. The number of carbonyl (C=O) groups excluding carboxylic acids is 2. The molecule has 8 nitrogen and oxygen atoms in total. The van der Waals surface area contributed by atoms with Crippen molar-refractivity contribution < 1.29 is 14.0 Å². The fraction of sp³-hybridized carbons (Fsp3) is 0.444. The van der Waals surface area contributed by atoms with E-state index >= 15 is 0 Å². The molecule has 144 valence electrons. The smallest absolute Gasteiger partial charge is 0.273 e. The Labute approximate surface area is 156 Å². The lowest BCUT2D eigenvalue weighted by Crippen LogP contribution is -2.30. The molecule has 0 spiro atoms. The Balaban J connectivity index is 1.37. The number of benzene rings is 1. The van der Waals surface area contributed by atoms with Gasteiger partial charge in [-0.1, -0.05) is 11.3 Å². The second kappa shape index (κ2) is 9.22. The summed E-state index contributed by atoms with van der Waals surface area (Å²) in [5, 5.41) is 16.7. The Morgan fingerprint density at radius 2 is 1.93 bits per heavy atom. The first kappa shape index (κ1) is 19.0. The third-order valence-electron chi connectivity index (χ3n) is 4.44. The van der Waals surface area contributed by atoms with Gasteiger partial charge in [-0.05, 0) is 50.6 Å². The zero-order chi connectivity index (χ0) is 19.1. The third kappa shape index (κ3) is 5.33. The Kier molecular flexibility index (Phi) is 6.48. The minimum atomic E-state index is -0.451. The van der Waals surface area contributed by atoms with E-state index in [0.29, 0.717) is 19.5 Å². The fourth-order valence-corrected chi connectivity index (χ4v) is 2.95. The molecule has 0 unspecified atom stereocenters. The Morgan fingerprint density at radius 3 is 2.67 bits per heavy atom. The van der Waals surface area contributed by atoms with Gasteiger partial charge in [0, 0.05) is 18.7 Å². The lowest BCUT2D eigenvalue weighted by atomic mass is 10.1. The molecule has 27 heavy (non-hydrogen) atoms. The van der Waals surface area contributed by atoms with E-state index in [2.05, 4.69) is 26.3 Å². The summed E-state index contributed by atoms with van der Waals surface area (Å²) in [7, 11) is 0. The van der Waals surface area contributed by atoms with E-state index in [1.165, 1.54) is 18.2 Å². The third-order valence-corrected chi connectivity index (χ3v) is 4.44. The van der Waals surface area contributed by atoms with E-state index in [-0.39, 0.29) is 29.1 Å². The first-order valence-electron chi connectivity index (χ1n) is 9.08. The predicted molar refractivity (Wildman–Crippen MR) is 96.8 cm³/mol. The van der Waals surface area contributed by atoms with E-state index < -0.39 is 5.82 Å². The molecule has 3 rings (SSSR count). The molecule has 1 aromatic heterocycles. The van der Waals surface area contributed by atoms with Crippen molar-refractivity contribution in [2.45, 2.75) is 25.3 Å². The van der Waals surface area contributed by atoms with E-state index in [9.17, 15) is 14.0 Å². The van der Waals surface area contributed by atoms with Crippen molar-refractivity contribution in [3.05, 3.63) is 47.5 Å². The Hall–Kier alpha value is -2.81. The number of nitrogens with zero attached hydrogens (tertiary/aromatic N) is 3. The van der Waals surface area contributed by atoms with Crippen molar-refractivity contribution in [3.8, 4) is 0 Å². The van der Waals surface area contributed by atoms with Gasteiger partial charge in [0.1, 0.15) is 5.82 Å². The number of hydrogen-bond donors (Lipinski definition) is 3. The minimum absolute atomic E-state index is 0.272. The molecule has 2 heterocycles. The highest BCUT2D eigenvalue weighted by atomic mass is 19.1. The molecule has 1 aliphatic heterocycles. The van der Waals surface area contributed by atoms with Gasteiger partial charge in [-0.25, -0.2) is 9.07 Å². The average Bonchev–Trinajstić information content (AvgIpc) is 3.18. The Bertz CT molecular complexity index is 788. The van der Waals surface area contributed by atoms with Crippen molar-refractivity contribution in [3.63, 3.8) is 0 Å². The molecule has 9 heteroatoms. The summed E-state index contributed by atoms with van der Waals surface area (Å²) in [6, 6.07) is 5.78. The number of piperidine rings is 1. The number of amides is 2. The first-order chi connectivity index (χ1) is 13.1. The van der Waals surface area contributed by atoms with Crippen LogP contribution in [0.15, 0.2) is 30.5 Å². The minimum Gasteiger partial charge on any atom is -0.352 e. The van der Waals surface area contributed by atoms with Crippen LogP contribution in [0, 0.1) is 5.82 Å². The quantitative estimate of drug-likeness (QED) is 0.625. The van der Waals surface area contributed by atoms with Crippen LogP contribution in [0.3, 0.4) is 0 Å². The average molecular weight is 374 g/mol. The van der Waals surface area contributed by atoms with Gasteiger partial charge in [0.2, 0.25) is 0 Å². The van der Waals surface area contributed by atoms with Crippen molar-refractivity contribution in [2.75, 3.05) is 26.2 Å². The van der Waals surface area contributed by atoms with Gasteiger partial charge >= 0.3 is 0 Å². The zero-order valence-electron chi connectivity index (χ0n) is 14.9. The molecule has 0 saturated carbocycles. The Morgan fingerprint density at radius 1 is 1.19 bits per heavy atom. The first-order valence-corrected chi connectivity index (χ1v) is 9.08. The fourth-order valence-electron chi connectivity index (χ4n) is 2.95. The van der Waals surface area contributed by atoms with Gasteiger partial charge < -0.3 is 16.0 Å². The summed E-state index contributed by atoms with van der Waals surface area (Å²) in [6.07, 6.45) is 4.16. The maximum atomic E-state index is 13.1. The van der Waals surface area contributed by atoms with E-state index in [4.69, 9.17) is 0 Å². The van der Waals surface area contributed by atoms with Gasteiger partial charge in [-0.15, -0.1) is 5.10 Å². The van der Waals surface area contributed by atoms with Crippen LogP contribution in [0.1, 0.15) is 46.2 Å². The molecular weight excluding hydrogens is 351 g/mol. The summed E-state index contributed by atoms with van der Waals surface area (Å²) >= 11 is 0. The molecule has 1 saturated heterocycles. The lowest BCUT2D eigenvalue weighted by molar-refractivity contribution is 0.0947. The summed E-state index contributed by atoms with van der Waals surface area (Å²) in [5.41, 5.74) is 0.561. The van der Waals surface area contributed by atoms with E-state index in [1.807, 2.05) is 0 Å². The monoisotopic (exact) mass is 374 g/mol. The number of aromatic nitrogens is 3. The van der Waals surface area contributed by atoms with Gasteiger partial charge in [0.25, 0.3) is 11.8 Å². The SMILES string of the molecule is O=C(NCCCNC(=O)c1cn(C2CCNCC2)nn1)c1cccc(F)c1. The van der Waals surface area contributed by atoms with Gasteiger partial charge in [0.15, 0.2) is 5.69 Å². The van der Waals surface area contributed by atoms with Crippen LogP contribution in [0.4, 0.5) is 4.39 Å². The van der Waals surface area contributed by atoms with Gasteiger partial charge in [-0.2, -0.15) is 0 Å². The molecule has 1 aromatic carbocycles. The molecule has 2 amide bonds. The largest absolute Gasteiger partial charge is 0.352 e. The van der Waals surface area contributed by atoms with Gasteiger partial charge in [-0.3, -0.25) is 9.59 Å². The number of hydrogen-bond acceptors (Lipinski definition) is 5. The maximum Gasteiger partial charge on any atom is 0.273 e. The topological polar surface area (TPSA) is 101 Å². The molecular formula is C18H23FN6O2. The highest BCUT2D eigenvalue weighted by Gasteiger charge is 2.18. The molecule has 3 N–H and O–H groups in total. The maximum absolute atomic E-state index is 13.1. The van der Waals surface area contributed by atoms with Crippen LogP contribution in [0.2, 0.25) is 0 Å². The molecule has 1 fully saturated rings. The molecule has 2 aromatic rings. The summed E-state index contributed by atoms with van der Waals surface area (Å²) in [4.78, 5) is 24.0. The summed E-state index contributed by atoms with van der Waals surface area (Å²) in [5.74, 6) is -1.08. The summed E-state index contributed by atoms with van der Waals surface area (Å²) < 4.78 is 14.9. The normalized spacial score (nSPS) is 14.7. The summed E-state index contributed by atoms with van der Waals surface area (Å²) in [6.45, 7) is 2.64. The molecule has 0 aliphatic carbocycles. The van der Waals surface area contributed by atoms with Crippen LogP contribution in [-0.4, -0.2) is 53.0 Å². The zero-order valence-corrected chi connectivity index (χ0v) is 14.9. The molecule has 1 aliphatic rings. The van der Waals surface area contributed by atoms with Crippen LogP contribution >= 0.6 is 0 Å². The highest BCUT2D eigenvalue weighted by molar-refractivity contribution is 5.94. The van der Waals surface area contributed by atoms with E-state index in [0.717, 1.165) is 25.9 Å². The number of carbonyl (C=O) groups is 2. The highest BCUT2D eigenvalue weighted by Crippen LogP contribution is 2.16. The number of rotatable bonds is 7. The second-order valence-corrected chi connectivity index (χ2v) is 6.44. The van der Waals surface area contributed by atoms with Crippen molar-refractivity contribution in [1.29, 1.82) is 0 Å². The van der Waals surface area contributed by atoms with Crippen LogP contribution in [0.25, 0.3) is 0 Å². The second-order valence-electron chi connectivity index (χ2n) is 6.44. The van der Waals surface area contributed by atoms with Crippen molar-refractivity contribution >= 4 is 11.8 Å². The molecule has 0 radical (unpaired) electrons. The van der Waals surface area contributed by atoms with Crippen LogP contribution < -0.4 is 16.0 Å². The van der Waals surface area contributed by atoms with Crippen LogP contribution in [-0.2, 0) is 0 Å². The van der Waals surface area contributed by atoms with Crippen molar-refractivity contribution in [2.24, 2.45) is 0 Å². The van der Waals surface area contributed by atoms with Gasteiger partial charge in [0.05, 0.1) is 12.2 Å². The molecule has 0 atom stereocenters. The number of halogens is 1. The standard InChI is InChI=1S/C18H23FN6O2/c19-14-4-1-3-13(11-14)17(26)21-7-2-8-22-18(27)16-12-25(24-23-16)15-5-9-20-10-6-15/h1,3-4,11-12,15,20H,2,5-10H2,(H,21,26)(H,22,27). The van der Waals surface area contributed by atoms with Crippen molar-refractivity contribution in [1.82, 2.24) is 30.9 Å². The number of nitrogens with one attached hydrogen (secondary N) is 3. The van der Waals surface area contributed by atoms with E-state index in [1.54, 1.807) is 16.9 Å². The van der Waals surface area contributed by atoms with Crippen LogP contribution in [0.5, 0.6) is 0 Å². The lowest BCUT2D eigenvalue weighted by Gasteiger charge is -2.22. The molecule has 0 bridgehead atoms.